The van der Waals surface area contributed by atoms with E-state index >= 15 is 0 Å². The van der Waals surface area contributed by atoms with Crippen LogP contribution in [0.3, 0.4) is 0 Å². The molecule has 0 atom stereocenters. The number of nitrogens with zero attached hydrogens (tertiary/aromatic N) is 2. The van der Waals surface area contributed by atoms with Gasteiger partial charge in [-0.1, -0.05) is 48.2 Å². The highest BCUT2D eigenvalue weighted by atomic mass is 32.2. The lowest BCUT2D eigenvalue weighted by Gasteiger charge is -2.12. The second-order valence-corrected chi connectivity index (χ2v) is 8.12. The van der Waals surface area contributed by atoms with Crippen molar-refractivity contribution in [2.75, 3.05) is 12.3 Å². The average Bonchev–Trinajstić information content (AvgIpc) is 2.78. The van der Waals surface area contributed by atoms with Crippen LogP contribution in [0.15, 0.2) is 70.6 Å². The summed E-state index contributed by atoms with van der Waals surface area (Å²) in [6.45, 7) is 2.83. The van der Waals surface area contributed by atoms with Gasteiger partial charge in [0.25, 0.3) is 5.56 Å². The molecular weight excluding hydrogens is 413 g/mol. The number of halogens is 1. The van der Waals surface area contributed by atoms with Crippen LogP contribution in [0.2, 0.25) is 0 Å². The molecular formula is C24H22FN3O2S. The van der Waals surface area contributed by atoms with Gasteiger partial charge < -0.3 is 5.32 Å². The predicted octanol–water partition coefficient (Wildman–Crippen LogP) is 4.16. The van der Waals surface area contributed by atoms with Crippen LogP contribution in [-0.4, -0.2) is 27.8 Å². The van der Waals surface area contributed by atoms with Gasteiger partial charge in [0.1, 0.15) is 5.82 Å². The van der Waals surface area contributed by atoms with Crippen LogP contribution < -0.4 is 10.9 Å². The number of benzene rings is 3. The van der Waals surface area contributed by atoms with Crippen molar-refractivity contribution < 1.29 is 9.18 Å². The van der Waals surface area contributed by atoms with Crippen molar-refractivity contribution in [1.82, 2.24) is 14.9 Å². The highest BCUT2D eigenvalue weighted by molar-refractivity contribution is 7.99. The molecule has 7 heteroatoms. The smallest absolute Gasteiger partial charge is 0.262 e. The molecule has 0 aliphatic rings. The fourth-order valence-corrected chi connectivity index (χ4v) is 4.35. The summed E-state index contributed by atoms with van der Waals surface area (Å²) in [5.41, 5.74) is 1.49. The van der Waals surface area contributed by atoms with Crippen molar-refractivity contribution in [2.45, 2.75) is 25.0 Å². The molecule has 158 valence electrons. The number of nitrogens with one attached hydrogen (secondary N) is 1. The van der Waals surface area contributed by atoms with E-state index in [0.717, 1.165) is 16.3 Å². The SMILES string of the molecule is CCn1c(SCC(=O)NCCc2ccc(F)cc2)nc2cc3ccccc3cc2c1=O. The molecule has 1 amide bonds. The lowest BCUT2D eigenvalue weighted by atomic mass is 10.1. The monoisotopic (exact) mass is 435 g/mol. The Kier molecular flexibility index (Phi) is 6.32. The second kappa shape index (κ2) is 9.31. The summed E-state index contributed by atoms with van der Waals surface area (Å²) >= 11 is 1.25. The van der Waals surface area contributed by atoms with E-state index < -0.39 is 0 Å². The van der Waals surface area contributed by atoms with Gasteiger partial charge in [-0.2, -0.15) is 0 Å². The van der Waals surface area contributed by atoms with E-state index in [1.165, 1.54) is 23.9 Å². The van der Waals surface area contributed by atoms with Crippen LogP contribution in [0.4, 0.5) is 4.39 Å². The van der Waals surface area contributed by atoms with Crippen LogP contribution in [0.5, 0.6) is 0 Å². The maximum Gasteiger partial charge on any atom is 0.262 e. The van der Waals surface area contributed by atoms with Crippen LogP contribution >= 0.6 is 11.8 Å². The Hall–Kier alpha value is -3.19. The first-order chi connectivity index (χ1) is 15.0. The van der Waals surface area contributed by atoms with Gasteiger partial charge in [0, 0.05) is 13.1 Å². The molecule has 0 saturated heterocycles. The van der Waals surface area contributed by atoms with E-state index in [0.29, 0.717) is 35.6 Å². The van der Waals surface area contributed by atoms with Crippen LogP contribution in [0.25, 0.3) is 21.7 Å². The zero-order valence-electron chi connectivity index (χ0n) is 17.1. The topological polar surface area (TPSA) is 64.0 Å². The van der Waals surface area contributed by atoms with Crippen molar-refractivity contribution in [3.63, 3.8) is 0 Å². The molecule has 31 heavy (non-hydrogen) atoms. The number of rotatable bonds is 7. The van der Waals surface area contributed by atoms with Crippen LogP contribution in [0, 0.1) is 5.82 Å². The van der Waals surface area contributed by atoms with E-state index in [4.69, 9.17) is 0 Å². The molecule has 1 aromatic heterocycles. The van der Waals surface area contributed by atoms with Crippen molar-refractivity contribution in [3.8, 4) is 0 Å². The van der Waals surface area contributed by atoms with Gasteiger partial charge in [-0.25, -0.2) is 9.37 Å². The van der Waals surface area contributed by atoms with Crippen molar-refractivity contribution in [3.05, 3.63) is 82.4 Å². The molecule has 0 bridgehead atoms. The number of carbonyl (C=O) groups excluding carboxylic acids is 1. The van der Waals surface area contributed by atoms with E-state index in [-0.39, 0.29) is 23.0 Å². The first-order valence-corrected chi connectivity index (χ1v) is 11.1. The number of thioether (sulfide) groups is 1. The summed E-state index contributed by atoms with van der Waals surface area (Å²) < 4.78 is 14.6. The molecule has 4 aromatic rings. The Morgan fingerprint density at radius 1 is 1.10 bits per heavy atom. The standard InChI is InChI=1S/C24H22FN3O2S/c1-2-28-23(30)20-13-17-5-3-4-6-18(17)14-21(20)27-24(28)31-15-22(29)26-12-11-16-7-9-19(25)10-8-16/h3-10,13-14H,2,11-12,15H2,1H3,(H,26,29). The number of carbonyl (C=O) groups is 1. The maximum atomic E-state index is 13.0. The van der Waals surface area contributed by atoms with Gasteiger partial charge in [0.2, 0.25) is 5.91 Å². The first-order valence-electron chi connectivity index (χ1n) is 10.1. The van der Waals surface area contributed by atoms with Crippen molar-refractivity contribution in [1.29, 1.82) is 0 Å². The summed E-state index contributed by atoms with van der Waals surface area (Å²) in [7, 11) is 0. The van der Waals surface area contributed by atoms with Crippen molar-refractivity contribution in [2.24, 2.45) is 0 Å². The summed E-state index contributed by atoms with van der Waals surface area (Å²) in [4.78, 5) is 30.0. The fourth-order valence-electron chi connectivity index (χ4n) is 3.46. The lowest BCUT2D eigenvalue weighted by Crippen LogP contribution is -2.28. The molecule has 1 heterocycles. The zero-order valence-corrected chi connectivity index (χ0v) is 17.9. The summed E-state index contributed by atoms with van der Waals surface area (Å²) in [6, 6.07) is 17.9. The highest BCUT2D eigenvalue weighted by Crippen LogP contribution is 2.22. The Labute approximate surface area is 183 Å². The van der Waals surface area contributed by atoms with E-state index in [2.05, 4.69) is 10.3 Å². The van der Waals surface area contributed by atoms with Gasteiger partial charge in [0.05, 0.1) is 16.7 Å². The van der Waals surface area contributed by atoms with Gasteiger partial charge in [-0.3, -0.25) is 14.2 Å². The normalized spacial score (nSPS) is 11.2. The minimum absolute atomic E-state index is 0.0996. The van der Waals surface area contributed by atoms with Gasteiger partial charge >= 0.3 is 0 Å². The van der Waals surface area contributed by atoms with Crippen molar-refractivity contribution >= 4 is 39.3 Å². The Balaban J connectivity index is 1.46. The molecule has 5 nitrogen and oxygen atoms in total. The molecule has 3 aromatic carbocycles. The Bertz CT molecular complexity index is 1300. The minimum atomic E-state index is -0.276. The highest BCUT2D eigenvalue weighted by Gasteiger charge is 2.13. The minimum Gasteiger partial charge on any atom is -0.355 e. The van der Waals surface area contributed by atoms with Crippen LogP contribution in [0.1, 0.15) is 12.5 Å². The Morgan fingerprint density at radius 2 is 1.81 bits per heavy atom. The molecule has 0 fully saturated rings. The number of hydrogen-bond donors (Lipinski definition) is 1. The largest absolute Gasteiger partial charge is 0.355 e. The number of hydrogen-bond acceptors (Lipinski definition) is 4. The molecule has 0 aliphatic carbocycles. The maximum absolute atomic E-state index is 13.0. The average molecular weight is 436 g/mol. The van der Waals surface area contributed by atoms with E-state index in [1.807, 2.05) is 43.3 Å². The second-order valence-electron chi connectivity index (χ2n) is 7.18. The zero-order chi connectivity index (χ0) is 21.8. The molecule has 1 N–H and O–H groups in total. The molecule has 0 spiro atoms. The number of fused-ring (bicyclic) bond motifs is 2. The summed E-state index contributed by atoms with van der Waals surface area (Å²) in [5, 5.41) is 5.99. The summed E-state index contributed by atoms with van der Waals surface area (Å²) in [5.74, 6) is -0.251. The molecule has 0 saturated carbocycles. The summed E-state index contributed by atoms with van der Waals surface area (Å²) in [6.07, 6.45) is 0.623. The molecule has 0 unspecified atom stereocenters. The van der Waals surface area contributed by atoms with Crippen LogP contribution in [-0.2, 0) is 17.8 Å². The fraction of sp³-hybridized carbons (Fsp3) is 0.208. The van der Waals surface area contributed by atoms with Gasteiger partial charge in [-0.15, -0.1) is 0 Å². The van der Waals surface area contributed by atoms with Gasteiger partial charge in [-0.05, 0) is 53.9 Å². The Morgan fingerprint density at radius 3 is 2.52 bits per heavy atom. The predicted molar refractivity (Wildman–Crippen MR) is 123 cm³/mol. The molecule has 0 radical (unpaired) electrons. The molecule has 0 aliphatic heterocycles. The lowest BCUT2D eigenvalue weighted by molar-refractivity contribution is -0.118. The van der Waals surface area contributed by atoms with E-state index in [9.17, 15) is 14.0 Å². The number of amides is 1. The third-order valence-electron chi connectivity index (χ3n) is 5.08. The van der Waals surface area contributed by atoms with E-state index in [1.54, 1.807) is 16.7 Å². The quantitative estimate of drug-likeness (QED) is 0.269. The molecule has 4 rings (SSSR count). The third-order valence-corrected chi connectivity index (χ3v) is 6.06. The van der Waals surface area contributed by atoms with Gasteiger partial charge in [0.15, 0.2) is 5.16 Å². The third kappa shape index (κ3) is 4.77. The first kappa shape index (κ1) is 21.1. The number of aromatic nitrogens is 2.